The number of aromatic nitrogens is 7. The van der Waals surface area contributed by atoms with E-state index in [-0.39, 0.29) is 17.5 Å². The van der Waals surface area contributed by atoms with Crippen LogP contribution >= 0.6 is 0 Å². The van der Waals surface area contributed by atoms with Crippen molar-refractivity contribution >= 4 is 5.82 Å². The first-order valence-corrected chi connectivity index (χ1v) is 12.0. The molecule has 13 heteroatoms. The lowest BCUT2D eigenvalue weighted by Crippen LogP contribution is -2.16. The molecule has 0 spiro atoms. The molecule has 4 heterocycles. The van der Waals surface area contributed by atoms with Gasteiger partial charge >= 0.3 is 6.36 Å². The molecule has 0 bridgehead atoms. The van der Waals surface area contributed by atoms with Crippen molar-refractivity contribution in [3.8, 4) is 28.7 Å². The molecule has 1 aromatic carbocycles. The molecule has 5 rings (SSSR count). The van der Waals surface area contributed by atoms with Gasteiger partial charge in [0.2, 0.25) is 5.82 Å². The maximum Gasteiger partial charge on any atom is 0.573 e. The summed E-state index contributed by atoms with van der Waals surface area (Å²) in [6.45, 7) is 7.05. The molecule has 10 nitrogen and oxygen atoms in total. The highest BCUT2D eigenvalue weighted by molar-refractivity contribution is 5.59. The smallest absolute Gasteiger partial charge is 0.406 e. The van der Waals surface area contributed by atoms with E-state index in [1.54, 1.807) is 6.20 Å². The van der Waals surface area contributed by atoms with Crippen molar-refractivity contribution in [3.05, 3.63) is 76.9 Å². The molecule has 0 aliphatic rings. The highest BCUT2D eigenvalue weighted by Crippen LogP contribution is 2.27. The van der Waals surface area contributed by atoms with Crippen molar-refractivity contribution in [2.45, 2.75) is 40.2 Å². The van der Waals surface area contributed by atoms with Gasteiger partial charge in [0.05, 0.1) is 12.2 Å². The summed E-state index contributed by atoms with van der Waals surface area (Å²) in [5.74, 6) is 0.830. The largest absolute Gasteiger partial charge is 0.573 e. The van der Waals surface area contributed by atoms with Crippen molar-refractivity contribution in [2.24, 2.45) is 7.05 Å². The van der Waals surface area contributed by atoms with Crippen LogP contribution in [-0.2, 0) is 20.1 Å². The Bertz CT molecular complexity index is 1600. The van der Waals surface area contributed by atoms with E-state index in [0.717, 1.165) is 34.0 Å². The third kappa shape index (κ3) is 5.92. The molecule has 0 atom stereocenters. The lowest BCUT2D eigenvalue weighted by molar-refractivity contribution is -0.274. The van der Waals surface area contributed by atoms with Crippen LogP contribution in [0, 0.1) is 20.8 Å². The zero-order valence-corrected chi connectivity index (χ0v) is 21.6. The number of hydrogen-bond donors (Lipinski definition) is 1. The highest BCUT2D eigenvalue weighted by Gasteiger charge is 2.31. The summed E-state index contributed by atoms with van der Waals surface area (Å²) in [5.41, 5.74) is 6.07. The fraction of sp³-hybridized carbons (Fsp3) is 0.269. The van der Waals surface area contributed by atoms with Crippen LogP contribution in [0.3, 0.4) is 0 Å². The number of hydrogen-bond acceptors (Lipinski definition) is 8. The molecule has 0 aliphatic heterocycles. The molecular formula is C26H25F3N8O2. The van der Waals surface area contributed by atoms with Gasteiger partial charge in [0.1, 0.15) is 11.6 Å². The van der Waals surface area contributed by atoms with Gasteiger partial charge in [0.25, 0.3) is 5.89 Å². The Morgan fingerprint density at radius 2 is 1.79 bits per heavy atom. The van der Waals surface area contributed by atoms with Gasteiger partial charge in [-0.1, -0.05) is 5.16 Å². The van der Waals surface area contributed by atoms with Gasteiger partial charge in [-0.2, -0.15) is 15.2 Å². The summed E-state index contributed by atoms with van der Waals surface area (Å²) >= 11 is 0. The minimum Gasteiger partial charge on any atom is -0.406 e. The van der Waals surface area contributed by atoms with Gasteiger partial charge in [-0.25, -0.2) is 4.98 Å². The van der Waals surface area contributed by atoms with E-state index in [1.165, 1.54) is 24.3 Å². The van der Waals surface area contributed by atoms with E-state index in [2.05, 4.69) is 35.4 Å². The van der Waals surface area contributed by atoms with Gasteiger partial charge in [-0.15, -0.1) is 13.2 Å². The van der Waals surface area contributed by atoms with Crippen molar-refractivity contribution in [2.75, 3.05) is 5.32 Å². The monoisotopic (exact) mass is 538 g/mol. The number of aryl methyl sites for hydroxylation is 3. The van der Waals surface area contributed by atoms with Crippen molar-refractivity contribution < 1.29 is 22.4 Å². The topological polar surface area (TPSA) is 109 Å². The second-order valence-corrected chi connectivity index (χ2v) is 9.00. The molecular weight excluding hydrogens is 513 g/mol. The van der Waals surface area contributed by atoms with Gasteiger partial charge in [-0.3, -0.25) is 9.36 Å². The van der Waals surface area contributed by atoms with E-state index >= 15 is 0 Å². The standard InChI is InChI=1S/C26H25F3N8O2/c1-15-11-22(25-32-24(35-39-25)19-5-7-20(8-6-19)38-26(27,28)29)34-37(15)14-18-9-10-30-23(12-18)31-13-21-16(2)33-36(4)17(21)3/h5-12H,13-14H2,1-4H3,(H,30,31). The number of alkyl halides is 3. The zero-order chi connectivity index (χ0) is 27.7. The van der Waals surface area contributed by atoms with Crippen LogP contribution in [0.1, 0.15) is 28.2 Å². The van der Waals surface area contributed by atoms with Crippen molar-refractivity contribution in [1.82, 2.24) is 34.7 Å². The van der Waals surface area contributed by atoms with Crippen LogP contribution < -0.4 is 10.1 Å². The second-order valence-electron chi connectivity index (χ2n) is 9.00. The third-order valence-electron chi connectivity index (χ3n) is 6.23. The highest BCUT2D eigenvalue weighted by atomic mass is 19.4. The maximum absolute atomic E-state index is 12.4. The summed E-state index contributed by atoms with van der Waals surface area (Å²) in [7, 11) is 1.93. The van der Waals surface area contributed by atoms with Gasteiger partial charge < -0.3 is 14.6 Å². The SMILES string of the molecule is Cc1nn(C)c(C)c1CNc1cc(Cn2nc(-c3nc(-c4ccc(OC(F)(F)F)cc4)no3)cc2C)ccn1. The Hall–Kier alpha value is -4.68. The quantitative estimate of drug-likeness (QED) is 0.287. The zero-order valence-electron chi connectivity index (χ0n) is 21.6. The van der Waals surface area contributed by atoms with Crippen LogP contribution in [0.25, 0.3) is 23.0 Å². The van der Waals surface area contributed by atoms with Gasteiger partial charge in [-0.05, 0) is 68.8 Å². The fourth-order valence-electron chi connectivity index (χ4n) is 4.12. The molecule has 5 aromatic rings. The first-order chi connectivity index (χ1) is 18.6. The lowest BCUT2D eigenvalue weighted by Gasteiger charge is -2.09. The molecule has 0 amide bonds. The summed E-state index contributed by atoms with van der Waals surface area (Å²) in [6.07, 6.45) is -3.01. The van der Waals surface area contributed by atoms with Gasteiger partial charge in [0.15, 0.2) is 5.69 Å². The predicted octanol–water partition coefficient (Wildman–Crippen LogP) is 5.21. The molecule has 0 saturated carbocycles. The number of anilines is 1. The molecule has 0 radical (unpaired) electrons. The van der Waals surface area contributed by atoms with Crippen LogP contribution in [-0.4, -0.2) is 41.0 Å². The number of benzene rings is 1. The Morgan fingerprint density at radius 3 is 2.49 bits per heavy atom. The first kappa shape index (κ1) is 25.9. The molecule has 4 aromatic heterocycles. The molecule has 39 heavy (non-hydrogen) atoms. The number of pyridine rings is 1. The second kappa shape index (κ2) is 10.2. The average Bonchev–Trinajstić information content (AvgIpc) is 3.56. The normalized spacial score (nSPS) is 11.7. The van der Waals surface area contributed by atoms with E-state index < -0.39 is 6.36 Å². The van der Waals surface area contributed by atoms with E-state index in [1.807, 2.05) is 55.4 Å². The van der Waals surface area contributed by atoms with Gasteiger partial charge in [0, 0.05) is 42.3 Å². The summed E-state index contributed by atoms with van der Waals surface area (Å²) in [5, 5.41) is 16.4. The summed E-state index contributed by atoms with van der Waals surface area (Å²) in [4.78, 5) is 8.78. The molecule has 0 saturated heterocycles. The average molecular weight is 539 g/mol. The number of halogens is 3. The van der Waals surface area contributed by atoms with Crippen molar-refractivity contribution in [1.29, 1.82) is 0 Å². The number of rotatable bonds is 8. The molecule has 0 fully saturated rings. The molecule has 1 N–H and O–H groups in total. The van der Waals surface area contributed by atoms with E-state index in [0.29, 0.717) is 24.3 Å². The lowest BCUT2D eigenvalue weighted by atomic mass is 10.2. The van der Waals surface area contributed by atoms with E-state index in [4.69, 9.17) is 4.52 Å². The van der Waals surface area contributed by atoms with Crippen LogP contribution in [0.15, 0.2) is 53.2 Å². The third-order valence-corrected chi connectivity index (χ3v) is 6.23. The Morgan fingerprint density at radius 1 is 1.03 bits per heavy atom. The van der Waals surface area contributed by atoms with E-state index in [9.17, 15) is 13.2 Å². The first-order valence-electron chi connectivity index (χ1n) is 12.0. The van der Waals surface area contributed by atoms with Crippen LogP contribution in [0.5, 0.6) is 5.75 Å². The number of ether oxygens (including phenoxy) is 1. The number of nitrogens with one attached hydrogen (secondary N) is 1. The minimum atomic E-state index is -4.76. The molecule has 202 valence electrons. The fourth-order valence-corrected chi connectivity index (χ4v) is 4.12. The molecule has 0 aliphatic carbocycles. The summed E-state index contributed by atoms with van der Waals surface area (Å²) in [6, 6.07) is 10.9. The van der Waals surface area contributed by atoms with Crippen molar-refractivity contribution in [3.63, 3.8) is 0 Å². The molecule has 0 unspecified atom stereocenters. The van der Waals surface area contributed by atoms with Crippen LogP contribution in [0.4, 0.5) is 19.0 Å². The van der Waals surface area contributed by atoms with Crippen LogP contribution in [0.2, 0.25) is 0 Å². The maximum atomic E-state index is 12.4. The predicted molar refractivity (Wildman–Crippen MR) is 136 cm³/mol. The Balaban J connectivity index is 1.27. The Labute approximate surface area is 221 Å². The Kier molecular flexibility index (Phi) is 6.81. The number of nitrogens with zero attached hydrogens (tertiary/aromatic N) is 7. The minimum absolute atomic E-state index is 0.196. The summed E-state index contributed by atoms with van der Waals surface area (Å²) < 4.78 is 50.1.